The number of hydrogen-bond acceptors (Lipinski definition) is 2. The number of aliphatic imine (C=N–C) groups is 1. The highest BCUT2D eigenvalue weighted by Gasteiger charge is 1.89. The van der Waals surface area contributed by atoms with Crippen molar-refractivity contribution in [2.24, 2.45) is 12.0 Å². The molecule has 3 heteroatoms. The van der Waals surface area contributed by atoms with E-state index in [0.717, 1.165) is 5.82 Å². The fourth-order valence-corrected chi connectivity index (χ4v) is 0.617. The third kappa shape index (κ3) is 1.16. The van der Waals surface area contributed by atoms with Crippen LogP contribution in [0.1, 0.15) is 5.82 Å². The molecule has 1 rings (SSSR count). The molecule has 0 N–H and O–H groups in total. The van der Waals surface area contributed by atoms with E-state index in [9.17, 15) is 0 Å². The number of aryl methyl sites for hydroxylation is 1. The van der Waals surface area contributed by atoms with Gasteiger partial charge >= 0.3 is 0 Å². The molecule has 1 aromatic rings. The van der Waals surface area contributed by atoms with Crippen molar-refractivity contribution in [2.75, 3.05) is 7.05 Å². The summed E-state index contributed by atoms with van der Waals surface area (Å²) < 4.78 is 1.91. The van der Waals surface area contributed by atoms with Gasteiger partial charge in [0.1, 0.15) is 5.82 Å². The molecule has 0 radical (unpaired) electrons. The molecule has 0 spiro atoms. The fraction of sp³-hybridized carbons (Fsp3) is 0.333. The molecular formula is C6H9N3. The second-order valence-corrected chi connectivity index (χ2v) is 1.78. The Morgan fingerprint density at radius 3 is 3.00 bits per heavy atom. The molecule has 48 valence electrons. The minimum atomic E-state index is 0.887. The molecule has 0 fully saturated rings. The second kappa shape index (κ2) is 2.44. The average molecular weight is 123 g/mol. The number of hydrogen-bond donors (Lipinski definition) is 0. The molecule has 0 aromatic carbocycles. The molecule has 3 nitrogen and oxygen atoms in total. The highest BCUT2D eigenvalue weighted by Crippen LogP contribution is 1.87. The smallest absolute Gasteiger partial charge is 0.150 e. The minimum absolute atomic E-state index is 0.887. The van der Waals surface area contributed by atoms with Crippen LogP contribution in [0, 0.1) is 0 Å². The Morgan fingerprint density at radius 2 is 2.56 bits per heavy atom. The van der Waals surface area contributed by atoms with Gasteiger partial charge in [-0.1, -0.05) is 0 Å². The standard InChI is InChI=1S/C6H9N3/c1-7-5-6-8-3-4-9(6)2/h3-5H,1-2H3. The van der Waals surface area contributed by atoms with Gasteiger partial charge in [0.05, 0.1) is 6.21 Å². The van der Waals surface area contributed by atoms with Crippen LogP contribution in [0.2, 0.25) is 0 Å². The monoisotopic (exact) mass is 123 g/mol. The first kappa shape index (κ1) is 6.01. The first-order valence-corrected chi connectivity index (χ1v) is 2.74. The predicted molar refractivity (Wildman–Crippen MR) is 36.7 cm³/mol. The lowest BCUT2D eigenvalue weighted by Crippen LogP contribution is -1.94. The van der Waals surface area contributed by atoms with Gasteiger partial charge in [0.15, 0.2) is 0 Å². The zero-order valence-corrected chi connectivity index (χ0v) is 5.57. The number of nitrogens with zero attached hydrogens (tertiary/aromatic N) is 3. The first-order chi connectivity index (χ1) is 4.34. The van der Waals surface area contributed by atoms with E-state index in [4.69, 9.17) is 0 Å². The van der Waals surface area contributed by atoms with E-state index < -0.39 is 0 Å². The van der Waals surface area contributed by atoms with Crippen LogP contribution in [0.4, 0.5) is 0 Å². The summed E-state index contributed by atoms with van der Waals surface area (Å²) in [5.74, 6) is 0.887. The molecule has 0 atom stereocenters. The van der Waals surface area contributed by atoms with Crippen LogP contribution in [0.3, 0.4) is 0 Å². The molecule has 1 aromatic heterocycles. The Bertz CT molecular complexity index is 212. The van der Waals surface area contributed by atoms with Gasteiger partial charge in [-0.05, 0) is 0 Å². The minimum Gasteiger partial charge on any atom is -0.333 e. The molecule has 0 saturated carbocycles. The summed E-state index contributed by atoms with van der Waals surface area (Å²) >= 11 is 0. The predicted octanol–water partition coefficient (Wildman–Crippen LogP) is 0.469. The van der Waals surface area contributed by atoms with Crippen LogP contribution in [0.5, 0.6) is 0 Å². The van der Waals surface area contributed by atoms with E-state index in [2.05, 4.69) is 9.98 Å². The normalized spacial score (nSPS) is 10.9. The van der Waals surface area contributed by atoms with Crippen molar-refractivity contribution in [2.45, 2.75) is 0 Å². The molecule has 0 bridgehead atoms. The van der Waals surface area contributed by atoms with Crippen molar-refractivity contribution in [3.63, 3.8) is 0 Å². The zero-order chi connectivity index (χ0) is 6.69. The van der Waals surface area contributed by atoms with Gasteiger partial charge in [-0.15, -0.1) is 0 Å². The summed E-state index contributed by atoms with van der Waals surface area (Å²) in [5, 5.41) is 0. The number of rotatable bonds is 1. The van der Waals surface area contributed by atoms with Gasteiger partial charge in [0.25, 0.3) is 0 Å². The summed E-state index contributed by atoms with van der Waals surface area (Å²) in [6, 6.07) is 0. The van der Waals surface area contributed by atoms with Crippen molar-refractivity contribution >= 4 is 6.21 Å². The maximum absolute atomic E-state index is 4.02. The van der Waals surface area contributed by atoms with Crippen LogP contribution >= 0.6 is 0 Å². The van der Waals surface area contributed by atoms with Crippen LogP contribution in [-0.2, 0) is 7.05 Å². The first-order valence-electron chi connectivity index (χ1n) is 2.74. The lowest BCUT2D eigenvalue weighted by molar-refractivity contribution is 0.901. The molecule has 0 aliphatic rings. The van der Waals surface area contributed by atoms with Gasteiger partial charge in [-0.2, -0.15) is 0 Å². The highest BCUT2D eigenvalue weighted by molar-refractivity contribution is 5.74. The average Bonchev–Trinajstić information content (AvgIpc) is 2.18. The molecule has 0 amide bonds. The van der Waals surface area contributed by atoms with Crippen LogP contribution in [0.15, 0.2) is 17.4 Å². The lowest BCUT2D eigenvalue weighted by atomic mass is 10.6. The largest absolute Gasteiger partial charge is 0.333 e. The lowest BCUT2D eigenvalue weighted by Gasteiger charge is -1.89. The van der Waals surface area contributed by atoms with Gasteiger partial charge in [-0.3, -0.25) is 4.99 Å². The third-order valence-corrected chi connectivity index (χ3v) is 1.10. The highest BCUT2D eigenvalue weighted by atomic mass is 15.0. The van der Waals surface area contributed by atoms with Crippen molar-refractivity contribution in [3.05, 3.63) is 18.2 Å². The van der Waals surface area contributed by atoms with E-state index in [0.29, 0.717) is 0 Å². The van der Waals surface area contributed by atoms with Crippen LogP contribution in [-0.4, -0.2) is 22.8 Å². The topological polar surface area (TPSA) is 30.2 Å². The van der Waals surface area contributed by atoms with Gasteiger partial charge in [-0.25, -0.2) is 4.98 Å². The summed E-state index contributed by atoms with van der Waals surface area (Å²) in [4.78, 5) is 7.85. The third-order valence-electron chi connectivity index (χ3n) is 1.10. The Labute approximate surface area is 54.1 Å². The van der Waals surface area contributed by atoms with E-state index in [1.165, 1.54) is 0 Å². The summed E-state index contributed by atoms with van der Waals surface area (Å²) in [5.41, 5.74) is 0. The molecule has 0 saturated heterocycles. The van der Waals surface area contributed by atoms with Gasteiger partial charge < -0.3 is 4.57 Å². The maximum atomic E-state index is 4.02. The van der Waals surface area contributed by atoms with Gasteiger partial charge in [0, 0.05) is 26.5 Å². The van der Waals surface area contributed by atoms with E-state index in [-0.39, 0.29) is 0 Å². The van der Waals surface area contributed by atoms with Crippen molar-refractivity contribution < 1.29 is 0 Å². The fourth-order valence-electron chi connectivity index (χ4n) is 0.617. The molecule has 9 heavy (non-hydrogen) atoms. The Balaban J connectivity index is 2.94. The Hall–Kier alpha value is -1.12. The molecule has 0 aliphatic carbocycles. The number of imidazole rings is 1. The van der Waals surface area contributed by atoms with E-state index in [1.54, 1.807) is 19.5 Å². The molecular weight excluding hydrogens is 114 g/mol. The zero-order valence-electron chi connectivity index (χ0n) is 5.57. The van der Waals surface area contributed by atoms with E-state index in [1.807, 2.05) is 17.8 Å². The molecule has 0 aliphatic heterocycles. The number of aromatic nitrogens is 2. The van der Waals surface area contributed by atoms with Crippen molar-refractivity contribution in [1.29, 1.82) is 0 Å². The Morgan fingerprint density at radius 1 is 1.78 bits per heavy atom. The quantitative estimate of drug-likeness (QED) is 0.499. The molecule has 1 heterocycles. The summed E-state index contributed by atoms with van der Waals surface area (Å²) in [6.45, 7) is 0. The maximum Gasteiger partial charge on any atom is 0.150 e. The van der Waals surface area contributed by atoms with Gasteiger partial charge in [0.2, 0.25) is 0 Å². The Kier molecular flexibility index (Phi) is 1.63. The van der Waals surface area contributed by atoms with Crippen LogP contribution in [0.25, 0.3) is 0 Å². The van der Waals surface area contributed by atoms with Crippen LogP contribution < -0.4 is 0 Å². The molecule has 0 unspecified atom stereocenters. The SMILES string of the molecule is CN=Cc1nccn1C. The van der Waals surface area contributed by atoms with Crippen molar-refractivity contribution in [3.8, 4) is 0 Å². The second-order valence-electron chi connectivity index (χ2n) is 1.78. The van der Waals surface area contributed by atoms with E-state index >= 15 is 0 Å². The van der Waals surface area contributed by atoms with Crippen molar-refractivity contribution in [1.82, 2.24) is 9.55 Å². The summed E-state index contributed by atoms with van der Waals surface area (Å²) in [7, 11) is 3.67. The summed E-state index contributed by atoms with van der Waals surface area (Å²) in [6.07, 6.45) is 5.36.